The van der Waals surface area contributed by atoms with Gasteiger partial charge in [-0.05, 0) is 50.9 Å². The zero-order valence-electron chi connectivity index (χ0n) is 7.78. The van der Waals surface area contributed by atoms with Crippen molar-refractivity contribution in [1.29, 1.82) is 0 Å². The van der Waals surface area contributed by atoms with Gasteiger partial charge in [0.15, 0.2) is 0 Å². The molecule has 1 aliphatic rings. The van der Waals surface area contributed by atoms with Gasteiger partial charge in [-0.2, -0.15) is 0 Å². The van der Waals surface area contributed by atoms with E-state index in [1.165, 1.54) is 36.5 Å². The summed E-state index contributed by atoms with van der Waals surface area (Å²) in [5.74, 6) is 0.874. The van der Waals surface area contributed by atoms with Crippen LogP contribution >= 0.6 is 0 Å². The predicted molar refractivity (Wildman–Crippen MR) is 50.3 cm³/mol. The van der Waals surface area contributed by atoms with Crippen LogP contribution in [0, 0.1) is 19.8 Å². The fourth-order valence-corrected chi connectivity index (χ4v) is 1.80. The standard InChI is InChI=1S/C10H16N2/c1-7-3-10(8(2)12-7)4-9-5-11-6-9/h3,9,11-12H,4-6H2,1-2H3. The average Bonchev–Trinajstić information content (AvgIpc) is 2.21. The van der Waals surface area contributed by atoms with Crippen molar-refractivity contribution < 1.29 is 0 Å². The summed E-state index contributed by atoms with van der Waals surface area (Å²) in [6.45, 7) is 6.68. The van der Waals surface area contributed by atoms with Gasteiger partial charge in [0.05, 0.1) is 0 Å². The molecule has 2 nitrogen and oxygen atoms in total. The molecule has 1 fully saturated rings. The third-order valence-corrected chi connectivity index (χ3v) is 2.63. The molecular weight excluding hydrogens is 148 g/mol. The number of hydrogen-bond donors (Lipinski definition) is 2. The minimum Gasteiger partial charge on any atom is -0.362 e. The first-order valence-corrected chi connectivity index (χ1v) is 4.61. The Balaban J connectivity index is 2.05. The molecule has 1 aromatic rings. The molecule has 2 rings (SSSR count). The molecule has 0 bridgehead atoms. The first-order valence-electron chi connectivity index (χ1n) is 4.61. The van der Waals surface area contributed by atoms with E-state index in [2.05, 4.69) is 30.2 Å². The highest BCUT2D eigenvalue weighted by Crippen LogP contribution is 2.16. The summed E-state index contributed by atoms with van der Waals surface area (Å²) >= 11 is 0. The number of H-pyrrole nitrogens is 1. The maximum absolute atomic E-state index is 3.34. The second-order valence-corrected chi connectivity index (χ2v) is 3.83. The highest BCUT2D eigenvalue weighted by molar-refractivity contribution is 5.25. The topological polar surface area (TPSA) is 27.8 Å². The summed E-state index contributed by atoms with van der Waals surface area (Å²) in [5.41, 5.74) is 4.13. The van der Waals surface area contributed by atoms with Crippen molar-refractivity contribution in [2.24, 2.45) is 5.92 Å². The zero-order valence-corrected chi connectivity index (χ0v) is 7.78. The lowest BCUT2D eigenvalue weighted by molar-refractivity contribution is 0.346. The summed E-state index contributed by atoms with van der Waals surface area (Å²) < 4.78 is 0. The van der Waals surface area contributed by atoms with E-state index in [0.717, 1.165) is 5.92 Å². The largest absolute Gasteiger partial charge is 0.362 e. The summed E-state index contributed by atoms with van der Waals surface area (Å²) in [4.78, 5) is 3.34. The molecule has 2 N–H and O–H groups in total. The molecule has 2 heteroatoms. The Kier molecular flexibility index (Phi) is 1.93. The van der Waals surface area contributed by atoms with Crippen LogP contribution in [0.3, 0.4) is 0 Å². The van der Waals surface area contributed by atoms with E-state index in [4.69, 9.17) is 0 Å². The SMILES string of the molecule is Cc1cc(CC2CNC2)c(C)[nH]1. The highest BCUT2D eigenvalue weighted by Gasteiger charge is 2.18. The van der Waals surface area contributed by atoms with Gasteiger partial charge < -0.3 is 10.3 Å². The Morgan fingerprint density at radius 3 is 2.58 bits per heavy atom. The van der Waals surface area contributed by atoms with Crippen molar-refractivity contribution in [1.82, 2.24) is 10.3 Å². The molecule has 2 heterocycles. The maximum atomic E-state index is 3.34. The van der Waals surface area contributed by atoms with Gasteiger partial charge in [0.25, 0.3) is 0 Å². The van der Waals surface area contributed by atoms with Crippen LogP contribution in [0.25, 0.3) is 0 Å². The average molecular weight is 164 g/mol. The lowest BCUT2D eigenvalue weighted by Gasteiger charge is -2.26. The first kappa shape index (κ1) is 7.87. The summed E-state index contributed by atoms with van der Waals surface area (Å²) in [5, 5.41) is 3.30. The van der Waals surface area contributed by atoms with Gasteiger partial charge in [0.1, 0.15) is 0 Å². The van der Waals surface area contributed by atoms with Crippen molar-refractivity contribution >= 4 is 0 Å². The van der Waals surface area contributed by atoms with E-state index < -0.39 is 0 Å². The quantitative estimate of drug-likeness (QED) is 0.679. The summed E-state index contributed by atoms with van der Waals surface area (Å²) in [7, 11) is 0. The molecule has 0 aliphatic carbocycles. The second kappa shape index (κ2) is 2.94. The Bertz CT molecular complexity index is 271. The van der Waals surface area contributed by atoms with Crippen LogP contribution in [0.2, 0.25) is 0 Å². The third kappa shape index (κ3) is 1.39. The monoisotopic (exact) mass is 164 g/mol. The fourth-order valence-electron chi connectivity index (χ4n) is 1.80. The van der Waals surface area contributed by atoms with Crippen LogP contribution < -0.4 is 5.32 Å². The zero-order chi connectivity index (χ0) is 8.55. The summed E-state index contributed by atoms with van der Waals surface area (Å²) in [6, 6.07) is 2.27. The smallest absolute Gasteiger partial charge is 0.0150 e. The molecule has 66 valence electrons. The van der Waals surface area contributed by atoms with Crippen LogP contribution in [0.15, 0.2) is 6.07 Å². The third-order valence-electron chi connectivity index (χ3n) is 2.63. The Morgan fingerprint density at radius 2 is 2.17 bits per heavy atom. The van der Waals surface area contributed by atoms with E-state index >= 15 is 0 Å². The molecule has 0 atom stereocenters. The van der Waals surface area contributed by atoms with Gasteiger partial charge in [-0.3, -0.25) is 0 Å². The molecule has 1 saturated heterocycles. The van der Waals surface area contributed by atoms with Gasteiger partial charge in [0.2, 0.25) is 0 Å². The predicted octanol–water partition coefficient (Wildman–Crippen LogP) is 1.39. The van der Waals surface area contributed by atoms with Crippen molar-refractivity contribution in [3.8, 4) is 0 Å². The van der Waals surface area contributed by atoms with Crippen molar-refractivity contribution in [2.45, 2.75) is 20.3 Å². The molecule has 0 saturated carbocycles. The van der Waals surface area contributed by atoms with E-state index in [1.54, 1.807) is 0 Å². The minimum atomic E-state index is 0.874. The highest BCUT2D eigenvalue weighted by atomic mass is 14.9. The van der Waals surface area contributed by atoms with Crippen LogP contribution in [0.4, 0.5) is 0 Å². The van der Waals surface area contributed by atoms with Gasteiger partial charge in [-0.1, -0.05) is 0 Å². The lowest BCUT2D eigenvalue weighted by Crippen LogP contribution is -2.43. The Labute approximate surface area is 73.4 Å². The van der Waals surface area contributed by atoms with E-state index in [-0.39, 0.29) is 0 Å². The molecule has 0 spiro atoms. The number of nitrogens with one attached hydrogen (secondary N) is 2. The van der Waals surface area contributed by atoms with E-state index in [9.17, 15) is 0 Å². The number of aryl methyl sites for hydroxylation is 2. The number of aromatic amines is 1. The number of aromatic nitrogens is 1. The summed E-state index contributed by atoms with van der Waals surface area (Å²) in [6.07, 6.45) is 1.24. The molecule has 0 aromatic carbocycles. The second-order valence-electron chi connectivity index (χ2n) is 3.83. The van der Waals surface area contributed by atoms with E-state index in [0.29, 0.717) is 0 Å². The van der Waals surface area contributed by atoms with Gasteiger partial charge in [-0.25, -0.2) is 0 Å². The van der Waals surface area contributed by atoms with Crippen LogP contribution in [0.1, 0.15) is 17.0 Å². The van der Waals surface area contributed by atoms with Gasteiger partial charge in [-0.15, -0.1) is 0 Å². The molecule has 0 radical (unpaired) electrons. The van der Waals surface area contributed by atoms with E-state index in [1.807, 2.05) is 0 Å². The number of hydrogen-bond acceptors (Lipinski definition) is 1. The van der Waals surface area contributed by atoms with Gasteiger partial charge >= 0.3 is 0 Å². The Hall–Kier alpha value is -0.760. The molecule has 1 aromatic heterocycles. The van der Waals surface area contributed by atoms with Gasteiger partial charge in [0, 0.05) is 11.4 Å². The number of rotatable bonds is 2. The van der Waals surface area contributed by atoms with Crippen molar-refractivity contribution in [3.63, 3.8) is 0 Å². The molecule has 12 heavy (non-hydrogen) atoms. The molecule has 0 unspecified atom stereocenters. The minimum absolute atomic E-state index is 0.874. The van der Waals surface area contributed by atoms with Crippen LogP contribution in [-0.2, 0) is 6.42 Å². The normalized spacial score (nSPS) is 17.8. The maximum Gasteiger partial charge on any atom is 0.0150 e. The first-order chi connectivity index (χ1) is 5.75. The van der Waals surface area contributed by atoms with Crippen molar-refractivity contribution in [2.75, 3.05) is 13.1 Å². The van der Waals surface area contributed by atoms with Crippen LogP contribution in [-0.4, -0.2) is 18.1 Å². The molecule has 0 amide bonds. The molecule has 1 aliphatic heterocycles. The lowest BCUT2D eigenvalue weighted by atomic mass is 9.94. The van der Waals surface area contributed by atoms with Crippen molar-refractivity contribution in [3.05, 3.63) is 23.0 Å². The Morgan fingerprint density at radius 1 is 1.42 bits per heavy atom. The molecular formula is C10H16N2. The van der Waals surface area contributed by atoms with Crippen LogP contribution in [0.5, 0.6) is 0 Å². The fraction of sp³-hybridized carbons (Fsp3) is 0.600.